The molecule has 2 saturated heterocycles. The first-order valence-corrected chi connectivity index (χ1v) is 16.8. The molecule has 2 fully saturated rings. The van der Waals surface area contributed by atoms with Crippen molar-refractivity contribution in [2.24, 2.45) is 23.3 Å². The Labute approximate surface area is 242 Å². The number of nitrogens with two attached hydrogens (primary N) is 2. The van der Waals surface area contributed by atoms with E-state index in [1.54, 1.807) is 0 Å². The van der Waals surface area contributed by atoms with E-state index in [2.05, 4.69) is 47.3 Å². The molecule has 0 spiro atoms. The maximum atomic E-state index is 12.3. The van der Waals surface area contributed by atoms with E-state index in [0.29, 0.717) is 13.0 Å². The molecule has 1 amide bonds. The van der Waals surface area contributed by atoms with Gasteiger partial charge in [0.15, 0.2) is 0 Å². The Balaban J connectivity index is 1.86. The van der Waals surface area contributed by atoms with Crippen LogP contribution in [0.3, 0.4) is 0 Å². The first-order valence-electron chi connectivity index (χ1n) is 16.8. The van der Waals surface area contributed by atoms with E-state index < -0.39 is 5.66 Å². The van der Waals surface area contributed by atoms with Crippen molar-refractivity contribution in [1.82, 2.24) is 19.6 Å². The van der Waals surface area contributed by atoms with Gasteiger partial charge in [-0.1, -0.05) is 27.7 Å². The standard InChI is InChI=1S/C32H66N6O/c1-5-17-35(18-6-2)21-9-11-29-13-23-37(24-14-29)32(28-33,27-31(34)39)38-25-15-30(16-26-38)12-10-22-36(19-7-3)20-8-4/h29-30H,5-28,33H2,1-4H3,(H2,34,39). The van der Waals surface area contributed by atoms with E-state index in [-0.39, 0.29) is 5.91 Å². The summed E-state index contributed by atoms with van der Waals surface area (Å²) in [6.07, 6.45) is 15.4. The Morgan fingerprint density at radius 1 is 0.692 bits per heavy atom. The molecule has 7 heteroatoms. The minimum Gasteiger partial charge on any atom is -0.370 e. The van der Waals surface area contributed by atoms with Gasteiger partial charge >= 0.3 is 0 Å². The number of hydrogen-bond acceptors (Lipinski definition) is 6. The number of carbonyl (C=O) groups is 1. The number of amides is 1. The molecule has 0 bridgehead atoms. The Morgan fingerprint density at radius 3 is 1.33 bits per heavy atom. The zero-order valence-electron chi connectivity index (χ0n) is 26.5. The smallest absolute Gasteiger partial charge is 0.220 e. The second-order valence-electron chi connectivity index (χ2n) is 12.7. The number of nitrogens with zero attached hydrogens (tertiary/aromatic N) is 4. The van der Waals surface area contributed by atoms with Crippen molar-refractivity contribution < 1.29 is 4.79 Å². The van der Waals surface area contributed by atoms with Gasteiger partial charge < -0.3 is 21.3 Å². The molecule has 39 heavy (non-hydrogen) atoms. The lowest BCUT2D eigenvalue weighted by Crippen LogP contribution is -2.68. The van der Waals surface area contributed by atoms with Gasteiger partial charge in [0, 0.05) is 32.7 Å². The third-order valence-corrected chi connectivity index (χ3v) is 9.52. The fourth-order valence-electron chi connectivity index (χ4n) is 7.45. The molecule has 0 aliphatic carbocycles. The van der Waals surface area contributed by atoms with Crippen molar-refractivity contribution in [2.75, 3.05) is 72.0 Å². The highest BCUT2D eigenvalue weighted by molar-refractivity contribution is 5.75. The van der Waals surface area contributed by atoms with Gasteiger partial charge in [-0.15, -0.1) is 0 Å². The van der Waals surface area contributed by atoms with Crippen LogP contribution in [0.2, 0.25) is 0 Å². The highest BCUT2D eigenvalue weighted by atomic mass is 16.1. The van der Waals surface area contributed by atoms with Crippen LogP contribution in [0.4, 0.5) is 0 Å². The average molecular weight is 551 g/mol. The zero-order valence-corrected chi connectivity index (χ0v) is 26.5. The van der Waals surface area contributed by atoms with Crippen molar-refractivity contribution in [3.63, 3.8) is 0 Å². The lowest BCUT2D eigenvalue weighted by atomic mass is 9.86. The van der Waals surface area contributed by atoms with Gasteiger partial charge in [0.2, 0.25) is 5.91 Å². The average Bonchev–Trinajstić information content (AvgIpc) is 2.93. The summed E-state index contributed by atoms with van der Waals surface area (Å²) in [5.41, 5.74) is 12.0. The van der Waals surface area contributed by atoms with E-state index in [1.807, 2.05) is 0 Å². The minimum absolute atomic E-state index is 0.219. The SMILES string of the molecule is CCCN(CCC)CCCC1CCN(C(CN)(CC(N)=O)N2CCC(CCCN(CCC)CCC)CC2)CC1. The maximum absolute atomic E-state index is 12.3. The van der Waals surface area contributed by atoms with Crippen LogP contribution in [0, 0.1) is 11.8 Å². The predicted octanol–water partition coefficient (Wildman–Crippen LogP) is 4.75. The highest BCUT2D eigenvalue weighted by Gasteiger charge is 2.44. The van der Waals surface area contributed by atoms with Crippen LogP contribution in [0.1, 0.15) is 111 Å². The summed E-state index contributed by atoms with van der Waals surface area (Å²) in [7, 11) is 0. The fourth-order valence-corrected chi connectivity index (χ4v) is 7.45. The second kappa shape index (κ2) is 19.4. The van der Waals surface area contributed by atoms with Crippen molar-refractivity contribution in [2.45, 2.75) is 117 Å². The summed E-state index contributed by atoms with van der Waals surface area (Å²) in [5, 5.41) is 0. The Kier molecular flexibility index (Phi) is 17.1. The normalized spacial score (nSPS) is 18.9. The van der Waals surface area contributed by atoms with Crippen molar-refractivity contribution in [3.05, 3.63) is 0 Å². The van der Waals surface area contributed by atoms with Crippen LogP contribution in [-0.4, -0.2) is 103 Å². The molecule has 2 aliphatic heterocycles. The van der Waals surface area contributed by atoms with E-state index in [9.17, 15) is 4.79 Å². The van der Waals surface area contributed by atoms with E-state index in [4.69, 9.17) is 11.5 Å². The van der Waals surface area contributed by atoms with Crippen molar-refractivity contribution in [1.29, 1.82) is 0 Å². The number of carbonyl (C=O) groups excluding carboxylic acids is 1. The number of piperidine rings is 2. The maximum Gasteiger partial charge on any atom is 0.220 e. The van der Waals surface area contributed by atoms with Crippen LogP contribution in [-0.2, 0) is 4.79 Å². The molecule has 230 valence electrons. The van der Waals surface area contributed by atoms with Gasteiger partial charge in [-0.3, -0.25) is 14.6 Å². The summed E-state index contributed by atoms with van der Waals surface area (Å²) >= 11 is 0. The molecule has 0 aromatic rings. The molecule has 7 nitrogen and oxygen atoms in total. The summed E-state index contributed by atoms with van der Waals surface area (Å²) in [4.78, 5) is 22.7. The largest absolute Gasteiger partial charge is 0.370 e. The second-order valence-corrected chi connectivity index (χ2v) is 12.7. The Morgan fingerprint density at radius 2 is 1.05 bits per heavy atom. The first kappa shape index (κ1) is 34.5. The van der Waals surface area contributed by atoms with Gasteiger partial charge in [-0.25, -0.2) is 0 Å². The van der Waals surface area contributed by atoms with Crippen LogP contribution < -0.4 is 11.5 Å². The molecule has 0 unspecified atom stereocenters. The topological polar surface area (TPSA) is 82.1 Å². The Bertz CT molecular complexity index is 576. The van der Waals surface area contributed by atoms with Gasteiger partial charge in [-0.05, 0) is 128 Å². The highest BCUT2D eigenvalue weighted by Crippen LogP contribution is 2.34. The van der Waals surface area contributed by atoms with E-state index >= 15 is 0 Å². The molecular formula is C32H66N6O. The molecule has 2 aliphatic rings. The summed E-state index contributed by atoms with van der Waals surface area (Å²) in [6.45, 7) is 21.1. The van der Waals surface area contributed by atoms with Crippen LogP contribution >= 0.6 is 0 Å². The molecule has 0 radical (unpaired) electrons. The molecule has 0 aromatic carbocycles. The van der Waals surface area contributed by atoms with E-state index in [0.717, 1.165) is 38.0 Å². The number of likely N-dealkylation sites (tertiary alicyclic amines) is 2. The predicted molar refractivity (Wildman–Crippen MR) is 167 cm³/mol. The number of primary amides is 1. The van der Waals surface area contributed by atoms with E-state index in [1.165, 1.54) is 116 Å². The Hall–Kier alpha value is -0.730. The van der Waals surface area contributed by atoms with Gasteiger partial charge in [0.1, 0.15) is 0 Å². The van der Waals surface area contributed by atoms with Crippen LogP contribution in [0.15, 0.2) is 0 Å². The summed E-state index contributed by atoms with van der Waals surface area (Å²) in [5.74, 6) is 1.37. The van der Waals surface area contributed by atoms with Gasteiger partial charge in [-0.2, -0.15) is 0 Å². The molecule has 4 N–H and O–H groups in total. The quantitative estimate of drug-likeness (QED) is 0.215. The fraction of sp³-hybridized carbons (Fsp3) is 0.969. The molecule has 0 atom stereocenters. The van der Waals surface area contributed by atoms with Gasteiger partial charge in [0.25, 0.3) is 0 Å². The van der Waals surface area contributed by atoms with Crippen LogP contribution in [0.25, 0.3) is 0 Å². The third kappa shape index (κ3) is 11.6. The van der Waals surface area contributed by atoms with Gasteiger partial charge in [0.05, 0.1) is 12.1 Å². The third-order valence-electron chi connectivity index (χ3n) is 9.52. The molecule has 0 saturated carbocycles. The summed E-state index contributed by atoms with van der Waals surface area (Å²) in [6, 6.07) is 0. The number of hydrogen-bond donors (Lipinski definition) is 2. The monoisotopic (exact) mass is 551 g/mol. The lowest BCUT2D eigenvalue weighted by Gasteiger charge is -2.54. The summed E-state index contributed by atoms with van der Waals surface area (Å²) < 4.78 is 0. The molecule has 0 aromatic heterocycles. The first-order chi connectivity index (χ1) is 18.9. The molecule has 2 rings (SSSR count). The molecular weight excluding hydrogens is 484 g/mol. The lowest BCUT2D eigenvalue weighted by molar-refractivity contribution is -0.131. The number of rotatable bonds is 21. The van der Waals surface area contributed by atoms with Crippen molar-refractivity contribution >= 4 is 5.91 Å². The zero-order chi connectivity index (χ0) is 28.5. The minimum atomic E-state index is -0.403. The molecule has 2 heterocycles. The van der Waals surface area contributed by atoms with Crippen LogP contribution in [0.5, 0.6) is 0 Å². The van der Waals surface area contributed by atoms with Crippen molar-refractivity contribution in [3.8, 4) is 0 Å².